The van der Waals surface area contributed by atoms with Gasteiger partial charge in [-0.25, -0.2) is 9.50 Å². The molecule has 0 spiro atoms. The van der Waals surface area contributed by atoms with Gasteiger partial charge in [0.25, 0.3) is 5.91 Å². The van der Waals surface area contributed by atoms with Gasteiger partial charge < -0.3 is 9.88 Å². The van der Waals surface area contributed by atoms with Crippen molar-refractivity contribution in [2.24, 2.45) is 7.05 Å². The highest BCUT2D eigenvalue weighted by atomic mass is 16.1. The molecule has 1 amide bonds. The second kappa shape index (κ2) is 4.48. The highest BCUT2D eigenvalue weighted by Gasteiger charge is 2.19. The number of carbonyl (C=O) groups excluding carboxylic acids is 1. The van der Waals surface area contributed by atoms with Crippen LogP contribution in [-0.2, 0) is 7.05 Å². The number of nitrogens with zero attached hydrogens (tertiary/aromatic N) is 5. The zero-order chi connectivity index (χ0) is 14.3. The van der Waals surface area contributed by atoms with Crippen LogP contribution in [-0.4, -0.2) is 35.3 Å². The molecule has 0 saturated heterocycles. The van der Waals surface area contributed by atoms with E-state index < -0.39 is 0 Å². The quantitative estimate of drug-likeness (QED) is 0.730. The summed E-state index contributed by atoms with van der Waals surface area (Å²) in [6, 6.07) is -0.275. The van der Waals surface area contributed by atoms with Crippen molar-refractivity contribution in [3.63, 3.8) is 0 Å². The molecule has 0 saturated carbocycles. The second-order valence-electron chi connectivity index (χ2n) is 4.71. The Hall–Kier alpha value is -2.64. The molecule has 0 aliphatic rings. The fourth-order valence-corrected chi connectivity index (χ4v) is 2.10. The molecule has 8 heteroatoms. The van der Waals surface area contributed by atoms with Crippen LogP contribution in [0.3, 0.4) is 0 Å². The summed E-state index contributed by atoms with van der Waals surface area (Å²) in [6.45, 7) is 3.66. The molecule has 0 aliphatic heterocycles. The Morgan fingerprint density at radius 2 is 2.25 bits per heavy atom. The summed E-state index contributed by atoms with van der Waals surface area (Å²) < 4.78 is 3.51. The van der Waals surface area contributed by atoms with Gasteiger partial charge >= 0.3 is 0 Å². The first-order valence-corrected chi connectivity index (χ1v) is 6.24. The molecule has 3 rings (SSSR count). The van der Waals surface area contributed by atoms with E-state index in [1.54, 1.807) is 16.9 Å². The van der Waals surface area contributed by atoms with Gasteiger partial charge in [-0.05, 0) is 13.8 Å². The number of aryl methyl sites for hydroxylation is 2. The maximum atomic E-state index is 12.3. The van der Waals surface area contributed by atoms with Gasteiger partial charge in [0.1, 0.15) is 17.0 Å². The summed E-state index contributed by atoms with van der Waals surface area (Å²) in [5, 5.41) is 13.8. The Morgan fingerprint density at radius 1 is 1.45 bits per heavy atom. The van der Waals surface area contributed by atoms with E-state index in [4.69, 9.17) is 0 Å². The minimum Gasteiger partial charge on any atom is -0.342 e. The zero-order valence-electron chi connectivity index (χ0n) is 11.5. The number of aromatic nitrogens is 6. The molecule has 3 aromatic rings. The lowest BCUT2D eigenvalue weighted by atomic mass is 10.2. The lowest BCUT2D eigenvalue weighted by molar-refractivity contribution is 0.0939. The van der Waals surface area contributed by atoms with Gasteiger partial charge in [0, 0.05) is 19.4 Å². The van der Waals surface area contributed by atoms with Gasteiger partial charge in [-0.3, -0.25) is 9.89 Å². The van der Waals surface area contributed by atoms with Gasteiger partial charge in [-0.1, -0.05) is 0 Å². The fourth-order valence-electron chi connectivity index (χ4n) is 2.10. The summed E-state index contributed by atoms with van der Waals surface area (Å²) >= 11 is 0. The number of carbonyl (C=O) groups is 1. The third-order valence-corrected chi connectivity index (χ3v) is 3.13. The topological polar surface area (TPSA) is 92.9 Å². The first-order valence-electron chi connectivity index (χ1n) is 6.24. The van der Waals surface area contributed by atoms with E-state index >= 15 is 0 Å². The number of aromatic amines is 1. The molecule has 0 radical (unpaired) electrons. The number of H-pyrrole nitrogens is 1. The van der Waals surface area contributed by atoms with Gasteiger partial charge in [-0.15, -0.1) is 0 Å². The maximum absolute atomic E-state index is 12.3. The first kappa shape index (κ1) is 12.4. The standard InChI is InChI=1S/C12H15N7O/c1-7(10-15-8(2)16-17-10)14-11(20)9-6-13-19-5-4-18(3)12(9)19/h4-7H,1-3H3,(H,14,20)(H,15,16,17). The van der Waals surface area contributed by atoms with E-state index in [0.717, 1.165) is 11.5 Å². The third kappa shape index (κ3) is 1.94. The number of imidazole rings is 1. The average molecular weight is 273 g/mol. The summed E-state index contributed by atoms with van der Waals surface area (Å²) in [6.07, 6.45) is 5.20. The monoisotopic (exact) mass is 273 g/mol. The van der Waals surface area contributed by atoms with Crippen LogP contribution < -0.4 is 5.32 Å². The van der Waals surface area contributed by atoms with Crippen molar-refractivity contribution in [2.75, 3.05) is 0 Å². The van der Waals surface area contributed by atoms with Crippen molar-refractivity contribution in [2.45, 2.75) is 19.9 Å². The Bertz CT molecular complexity index is 766. The first-order chi connectivity index (χ1) is 9.56. The van der Waals surface area contributed by atoms with Crippen LogP contribution in [0.2, 0.25) is 0 Å². The Kier molecular flexibility index (Phi) is 2.78. The van der Waals surface area contributed by atoms with Crippen molar-refractivity contribution >= 4 is 11.6 Å². The number of hydrogen-bond acceptors (Lipinski definition) is 4. The minimum atomic E-state index is -0.275. The van der Waals surface area contributed by atoms with Crippen molar-refractivity contribution < 1.29 is 4.79 Å². The summed E-state index contributed by atoms with van der Waals surface area (Å²) in [5.41, 5.74) is 1.28. The van der Waals surface area contributed by atoms with E-state index in [-0.39, 0.29) is 11.9 Å². The lowest BCUT2D eigenvalue weighted by Crippen LogP contribution is -2.27. The molecule has 0 bridgehead atoms. The smallest absolute Gasteiger partial charge is 0.257 e. The van der Waals surface area contributed by atoms with Gasteiger partial charge in [0.2, 0.25) is 0 Å². The molecule has 8 nitrogen and oxygen atoms in total. The van der Waals surface area contributed by atoms with E-state index in [1.165, 1.54) is 0 Å². The van der Waals surface area contributed by atoms with E-state index in [9.17, 15) is 4.79 Å². The number of nitrogens with one attached hydrogen (secondary N) is 2. The average Bonchev–Trinajstić information content (AvgIpc) is 3.07. The molecule has 3 heterocycles. The van der Waals surface area contributed by atoms with Crippen LogP contribution in [0.1, 0.15) is 35.0 Å². The van der Waals surface area contributed by atoms with Crippen molar-refractivity contribution in [3.05, 3.63) is 35.8 Å². The third-order valence-electron chi connectivity index (χ3n) is 3.13. The largest absolute Gasteiger partial charge is 0.342 e. The van der Waals surface area contributed by atoms with E-state index in [2.05, 4.69) is 25.6 Å². The van der Waals surface area contributed by atoms with E-state index in [0.29, 0.717) is 11.4 Å². The van der Waals surface area contributed by atoms with Crippen LogP contribution >= 0.6 is 0 Å². The maximum Gasteiger partial charge on any atom is 0.257 e. The van der Waals surface area contributed by atoms with Gasteiger partial charge in [-0.2, -0.15) is 10.2 Å². The normalized spacial score (nSPS) is 12.8. The molecule has 1 unspecified atom stereocenters. The molecular weight excluding hydrogens is 258 g/mol. The number of hydrogen-bond donors (Lipinski definition) is 2. The van der Waals surface area contributed by atoms with Crippen LogP contribution in [0.4, 0.5) is 0 Å². The summed E-state index contributed by atoms with van der Waals surface area (Å²) in [5.74, 6) is 1.08. The zero-order valence-corrected chi connectivity index (χ0v) is 11.5. The van der Waals surface area contributed by atoms with Crippen molar-refractivity contribution in [1.29, 1.82) is 0 Å². The van der Waals surface area contributed by atoms with Crippen LogP contribution in [0.5, 0.6) is 0 Å². The number of rotatable bonds is 3. The Balaban J connectivity index is 1.84. The van der Waals surface area contributed by atoms with Crippen LogP contribution in [0.15, 0.2) is 18.6 Å². The van der Waals surface area contributed by atoms with E-state index in [1.807, 2.05) is 31.7 Å². The van der Waals surface area contributed by atoms with Crippen LogP contribution in [0.25, 0.3) is 5.65 Å². The molecule has 0 aromatic carbocycles. The lowest BCUT2D eigenvalue weighted by Gasteiger charge is -2.09. The fraction of sp³-hybridized carbons (Fsp3) is 0.333. The number of amides is 1. The predicted octanol–water partition coefficient (Wildman–Crippen LogP) is 0.590. The highest BCUT2D eigenvalue weighted by molar-refractivity contribution is 5.99. The summed E-state index contributed by atoms with van der Waals surface area (Å²) in [4.78, 5) is 16.5. The molecule has 3 aromatic heterocycles. The molecule has 104 valence electrons. The Morgan fingerprint density at radius 3 is 2.95 bits per heavy atom. The molecule has 0 aliphatic carbocycles. The van der Waals surface area contributed by atoms with Gasteiger partial charge in [0.15, 0.2) is 5.82 Å². The molecule has 2 N–H and O–H groups in total. The SMILES string of the molecule is Cc1nc(C(C)NC(=O)c2cnn3ccn(C)c23)n[nH]1. The molecule has 0 fully saturated rings. The van der Waals surface area contributed by atoms with Crippen molar-refractivity contribution in [3.8, 4) is 0 Å². The molecule has 20 heavy (non-hydrogen) atoms. The second-order valence-corrected chi connectivity index (χ2v) is 4.71. The summed E-state index contributed by atoms with van der Waals surface area (Å²) in [7, 11) is 1.87. The van der Waals surface area contributed by atoms with Crippen LogP contribution in [0, 0.1) is 6.92 Å². The highest BCUT2D eigenvalue weighted by Crippen LogP contribution is 2.13. The molecular formula is C12H15N7O. The molecule has 1 atom stereocenters. The minimum absolute atomic E-state index is 0.197. The Labute approximate surface area is 114 Å². The van der Waals surface area contributed by atoms with Gasteiger partial charge in [0.05, 0.1) is 12.2 Å². The van der Waals surface area contributed by atoms with Crippen molar-refractivity contribution in [1.82, 2.24) is 34.7 Å². The number of fused-ring (bicyclic) bond motifs is 1. The predicted molar refractivity (Wildman–Crippen MR) is 71.2 cm³/mol.